The van der Waals surface area contributed by atoms with Gasteiger partial charge in [0.1, 0.15) is 5.75 Å². The van der Waals surface area contributed by atoms with Crippen molar-refractivity contribution in [1.29, 1.82) is 0 Å². The van der Waals surface area contributed by atoms with E-state index in [1.165, 1.54) is 0 Å². The molecule has 1 aromatic carbocycles. The molecule has 2 amide bonds. The summed E-state index contributed by atoms with van der Waals surface area (Å²) < 4.78 is 5.08. The van der Waals surface area contributed by atoms with Gasteiger partial charge in [0.15, 0.2) is 0 Å². The molecule has 0 saturated heterocycles. The van der Waals surface area contributed by atoms with Crippen LogP contribution in [0.5, 0.6) is 5.75 Å². The Kier molecular flexibility index (Phi) is 7.43. The summed E-state index contributed by atoms with van der Waals surface area (Å²) >= 11 is 0. The van der Waals surface area contributed by atoms with E-state index in [2.05, 4.69) is 5.32 Å². The van der Waals surface area contributed by atoms with Crippen molar-refractivity contribution in [2.45, 2.75) is 39.7 Å². The first-order chi connectivity index (χ1) is 10.4. The third kappa shape index (κ3) is 6.16. The fourth-order valence-electron chi connectivity index (χ4n) is 2.25. The zero-order valence-corrected chi connectivity index (χ0v) is 13.9. The van der Waals surface area contributed by atoms with E-state index in [0.717, 1.165) is 17.7 Å². The fraction of sp³-hybridized carbons (Fsp3) is 0.529. The summed E-state index contributed by atoms with van der Waals surface area (Å²) in [7, 11) is 1.61. The molecule has 0 unspecified atom stereocenters. The van der Waals surface area contributed by atoms with Crippen LogP contribution in [-0.4, -0.2) is 43.0 Å². The van der Waals surface area contributed by atoms with Crippen LogP contribution >= 0.6 is 0 Å². The summed E-state index contributed by atoms with van der Waals surface area (Å²) in [5.41, 5.74) is 0.950. The summed E-state index contributed by atoms with van der Waals surface area (Å²) in [6.45, 7) is 6.79. The first-order valence-electron chi connectivity index (χ1n) is 7.61. The number of nitrogens with one attached hydrogen (secondary N) is 1. The second kappa shape index (κ2) is 9.07. The van der Waals surface area contributed by atoms with Crippen molar-refractivity contribution >= 4 is 11.8 Å². The largest absolute Gasteiger partial charge is 0.497 e. The van der Waals surface area contributed by atoms with Crippen molar-refractivity contribution in [3.8, 4) is 5.75 Å². The molecule has 0 radical (unpaired) electrons. The Hall–Kier alpha value is -2.04. The lowest BCUT2D eigenvalue weighted by Gasteiger charge is -2.25. The topological polar surface area (TPSA) is 58.6 Å². The van der Waals surface area contributed by atoms with Gasteiger partial charge >= 0.3 is 0 Å². The van der Waals surface area contributed by atoms with E-state index in [1.807, 2.05) is 38.1 Å². The van der Waals surface area contributed by atoms with E-state index in [4.69, 9.17) is 4.74 Å². The van der Waals surface area contributed by atoms with Gasteiger partial charge in [-0.05, 0) is 38.0 Å². The second-order valence-corrected chi connectivity index (χ2v) is 5.53. The van der Waals surface area contributed by atoms with Gasteiger partial charge in [0, 0.05) is 26.1 Å². The average molecular weight is 306 g/mol. The van der Waals surface area contributed by atoms with Gasteiger partial charge in [-0.15, -0.1) is 0 Å². The third-order valence-electron chi connectivity index (χ3n) is 3.45. The van der Waals surface area contributed by atoms with Gasteiger partial charge in [0.2, 0.25) is 11.8 Å². The minimum atomic E-state index is -0.0101. The average Bonchev–Trinajstić information content (AvgIpc) is 2.47. The number of benzene rings is 1. The molecule has 1 rings (SSSR count). The predicted molar refractivity (Wildman–Crippen MR) is 86.8 cm³/mol. The van der Waals surface area contributed by atoms with Crippen molar-refractivity contribution in [3.63, 3.8) is 0 Å². The summed E-state index contributed by atoms with van der Waals surface area (Å²) in [6.07, 6.45) is 1.11. The Morgan fingerprint density at radius 2 is 1.86 bits per heavy atom. The van der Waals surface area contributed by atoms with E-state index >= 15 is 0 Å². The van der Waals surface area contributed by atoms with Gasteiger partial charge in [0.25, 0.3) is 0 Å². The highest BCUT2D eigenvalue weighted by Crippen LogP contribution is 2.11. The number of hydrogen-bond donors (Lipinski definition) is 1. The van der Waals surface area contributed by atoms with Crippen LogP contribution in [0.1, 0.15) is 32.8 Å². The zero-order chi connectivity index (χ0) is 16.5. The number of nitrogens with zero attached hydrogens (tertiary/aromatic N) is 1. The minimum absolute atomic E-state index is 0.0101. The lowest BCUT2D eigenvalue weighted by Crippen LogP contribution is -2.37. The SMILES string of the molecule is COc1ccc(CC(=O)NCCCN(C(C)=O)C(C)C)cc1. The van der Waals surface area contributed by atoms with Crippen molar-refractivity contribution < 1.29 is 14.3 Å². The van der Waals surface area contributed by atoms with E-state index in [1.54, 1.807) is 18.9 Å². The van der Waals surface area contributed by atoms with Gasteiger partial charge in [-0.1, -0.05) is 12.1 Å². The van der Waals surface area contributed by atoms with Crippen molar-refractivity contribution in [1.82, 2.24) is 10.2 Å². The molecule has 5 nitrogen and oxygen atoms in total. The Morgan fingerprint density at radius 3 is 2.36 bits per heavy atom. The van der Waals surface area contributed by atoms with E-state index < -0.39 is 0 Å². The van der Waals surface area contributed by atoms with Crippen molar-refractivity contribution in [3.05, 3.63) is 29.8 Å². The normalized spacial score (nSPS) is 10.4. The highest BCUT2D eigenvalue weighted by molar-refractivity contribution is 5.78. The first kappa shape index (κ1) is 18.0. The van der Waals surface area contributed by atoms with Crippen LogP contribution in [0.25, 0.3) is 0 Å². The maximum absolute atomic E-state index is 11.9. The van der Waals surface area contributed by atoms with Gasteiger partial charge < -0.3 is 15.0 Å². The van der Waals surface area contributed by atoms with Crippen molar-refractivity contribution in [2.75, 3.05) is 20.2 Å². The summed E-state index contributed by atoms with van der Waals surface area (Å²) in [5, 5.41) is 2.88. The van der Waals surface area contributed by atoms with Crippen LogP contribution < -0.4 is 10.1 Å². The molecule has 1 aromatic rings. The van der Waals surface area contributed by atoms with Gasteiger partial charge in [-0.3, -0.25) is 9.59 Å². The fourth-order valence-corrected chi connectivity index (χ4v) is 2.25. The number of ether oxygens (including phenoxy) is 1. The molecule has 5 heteroatoms. The smallest absolute Gasteiger partial charge is 0.224 e. The van der Waals surface area contributed by atoms with Gasteiger partial charge in [-0.25, -0.2) is 0 Å². The number of methoxy groups -OCH3 is 1. The Labute approximate surface area is 132 Å². The zero-order valence-electron chi connectivity index (χ0n) is 13.9. The highest BCUT2D eigenvalue weighted by atomic mass is 16.5. The van der Waals surface area contributed by atoms with Gasteiger partial charge in [-0.2, -0.15) is 0 Å². The molecule has 0 aliphatic rings. The summed E-state index contributed by atoms with van der Waals surface area (Å²) in [5.74, 6) is 0.839. The quantitative estimate of drug-likeness (QED) is 0.747. The van der Waals surface area contributed by atoms with Crippen LogP contribution in [-0.2, 0) is 16.0 Å². The van der Waals surface area contributed by atoms with Crippen LogP contribution in [0.3, 0.4) is 0 Å². The Balaban J connectivity index is 2.29. The molecule has 0 fully saturated rings. The predicted octanol–water partition coefficient (Wildman–Crippen LogP) is 2.00. The van der Waals surface area contributed by atoms with E-state index in [-0.39, 0.29) is 17.9 Å². The van der Waals surface area contributed by atoms with E-state index in [0.29, 0.717) is 19.5 Å². The maximum Gasteiger partial charge on any atom is 0.224 e. The van der Waals surface area contributed by atoms with Crippen LogP contribution in [0.15, 0.2) is 24.3 Å². The molecule has 0 aliphatic carbocycles. The number of hydrogen-bond acceptors (Lipinski definition) is 3. The molecule has 0 saturated carbocycles. The molecule has 0 aliphatic heterocycles. The van der Waals surface area contributed by atoms with Crippen LogP contribution in [0.4, 0.5) is 0 Å². The van der Waals surface area contributed by atoms with Crippen LogP contribution in [0.2, 0.25) is 0 Å². The molecule has 0 atom stereocenters. The van der Waals surface area contributed by atoms with Crippen LogP contribution in [0, 0.1) is 0 Å². The summed E-state index contributed by atoms with van der Waals surface area (Å²) in [6, 6.07) is 7.64. The number of carbonyl (C=O) groups is 2. The Morgan fingerprint density at radius 1 is 1.23 bits per heavy atom. The molecule has 22 heavy (non-hydrogen) atoms. The van der Waals surface area contributed by atoms with Gasteiger partial charge in [0.05, 0.1) is 13.5 Å². The summed E-state index contributed by atoms with van der Waals surface area (Å²) in [4.78, 5) is 25.1. The second-order valence-electron chi connectivity index (χ2n) is 5.53. The maximum atomic E-state index is 11.9. The minimum Gasteiger partial charge on any atom is -0.497 e. The number of carbonyl (C=O) groups excluding carboxylic acids is 2. The molecule has 0 spiro atoms. The molecule has 122 valence electrons. The first-order valence-corrected chi connectivity index (χ1v) is 7.61. The van der Waals surface area contributed by atoms with E-state index in [9.17, 15) is 9.59 Å². The number of amides is 2. The Bertz CT molecular complexity index is 483. The monoisotopic (exact) mass is 306 g/mol. The molecular weight excluding hydrogens is 280 g/mol. The lowest BCUT2D eigenvalue weighted by molar-refractivity contribution is -0.130. The molecule has 0 bridgehead atoms. The molecule has 0 aromatic heterocycles. The van der Waals surface area contributed by atoms with Crippen molar-refractivity contribution in [2.24, 2.45) is 0 Å². The molecule has 0 heterocycles. The molecular formula is C17H26N2O3. The highest BCUT2D eigenvalue weighted by Gasteiger charge is 2.11. The lowest BCUT2D eigenvalue weighted by atomic mass is 10.1. The number of rotatable bonds is 8. The molecule has 1 N–H and O–H groups in total. The third-order valence-corrected chi connectivity index (χ3v) is 3.45. The standard InChI is InChI=1S/C17H26N2O3/c1-13(2)19(14(3)20)11-5-10-18-17(21)12-15-6-8-16(22-4)9-7-15/h6-9,13H,5,10-12H2,1-4H3,(H,18,21).